The minimum atomic E-state index is -0.322. The van der Waals surface area contributed by atoms with Crippen LogP contribution in [-0.2, 0) is 4.79 Å². The van der Waals surface area contributed by atoms with Crippen LogP contribution in [0.15, 0.2) is 83.4 Å². The van der Waals surface area contributed by atoms with Gasteiger partial charge >= 0.3 is 0 Å². The van der Waals surface area contributed by atoms with Crippen LogP contribution in [0.2, 0.25) is 0 Å². The fourth-order valence-corrected chi connectivity index (χ4v) is 4.73. The molecule has 2 aromatic carbocycles. The van der Waals surface area contributed by atoms with Crippen molar-refractivity contribution in [1.82, 2.24) is 10.3 Å². The Morgan fingerprint density at radius 2 is 1.94 bits per heavy atom. The Kier molecular flexibility index (Phi) is 6.52. The summed E-state index contributed by atoms with van der Waals surface area (Å²) in [6, 6.07) is 21.0. The van der Waals surface area contributed by atoms with Gasteiger partial charge in [0.2, 0.25) is 5.91 Å². The lowest BCUT2D eigenvalue weighted by atomic mass is 10.0. The molecule has 0 aliphatic carbocycles. The molecule has 1 fully saturated rings. The average Bonchev–Trinajstić information content (AvgIpc) is 3.51. The predicted octanol–water partition coefficient (Wildman–Crippen LogP) is 6.31. The van der Waals surface area contributed by atoms with Gasteiger partial charge in [-0.15, -0.1) is 0 Å². The van der Waals surface area contributed by atoms with Crippen molar-refractivity contribution < 1.29 is 13.6 Å². The van der Waals surface area contributed by atoms with Gasteiger partial charge in [0, 0.05) is 29.6 Å². The monoisotopic (exact) mass is 500 g/mol. The minimum Gasteiger partial charge on any atom is -0.459 e. The lowest BCUT2D eigenvalue weighted by molar-refractivity contribution is -0.115. The van der Waals surface area contributed by atoms with Gasteiger partial charge in [-0.2, -0.15) is 0 Å². The highest BCUT2D eigenvalue weighted by atomic mass is 32.1. The quantitative estimate of drug-likeness (QED) is 0.302. The van der Waals surface area contributed by atoms with Gasteiger partial charge in [0.25, 0.3) is 0 Å². The molecule has 4 aromatic rings. The van der Waals surface area contributed by atoms with Crippen molar-refractivity contribution in [1.29, 1.82) is 0 Å². The summed E-state index contributed by atoms with van der Waals surface area (Å²) in [7, 11) is 0. The highest BCUT2D eigenvalue weighted by Gasteiger charge is 2.42. The zero-order valence-corrected chi connectivity index (χ0v) is 20.7. The summed E-state index contributed by atoms with van der Waals surface area (Å²) in [6.07, 6.45) is 2.16. The van der Waals surface area contributed by atoms with Crippen LogP contribution in [0.1, 0.15) is 42.4 Å². The normalized spacial score (nSPS) is 17.2. The van der Waals surface area contributed by atoms with E-state index >= 15 is 0 Å². The first-order valence-electron chi connectivity index (χ1n) is 11.7. The highest BCUT2D eigenvalue weighted by Crippen LogP contribution is 2.43. The van der Waals surface area contributed by atoms with Crippen molar-refractivity contribution >= 4 is 34.6 Å². The number of anilines is 2. The Hall–Kier alpha value is -4.04. The van der Waals surface area contributed by atoms with Crippen molar-refractivity contribution in [3.63, 3.8) is 0 Å². The average molecular weight is 501 g/mol. The summed E-state index contributed by atoms with van der Waals surface area (Å²) in [5.41, 5.74) is 4.16. The Bertz CT molecular complexity index is 1400. The van der Waals surface area contributed by atoms with Crippen LogP contribution >= 0.6 is 12.2 Å². The SMILES string of the molecule is CCC(=O)Nc1ccc(N2C(=S)N[C@@H](c3ccccn3)[C@@H]2c2ccc(-c3ccc(F)cc3)o2)cc1C. The molecule has 8 heteroatoms. The molecular formula is C28H25FN4O2S. The third-order valence-electron chi connectivity index (χ3n) is 6.23. The zero-order chi connectivity index (χ0) is 25.2. The minimum absolute atomic E-state index is 0.0405. The molecule has 1 saturated heterocycles. The van der Waals surface area contributed by atoms with Crippen LogP contribution in [0.3, 0.4) is 0 Å². The largest absolute Gasteiger partial charge is 0.459 e. The fourth-order valence-electron chi connectivity index (χ4n) is 4.38. The van der Waals surface area contributed by atoms with Crippen LogP contribution in [0.4, 0.5) is 15.8 Å². The number of pyridine rings is 1. The molecule has 36 heavy (non-hydrogen) atoms. The maximum atomic E-state index is 13.4. The summed E-state index contributed by atoms with van der Waals surface area (Å²) in [5.74, 6) is 0.988. The number of nitrogens with one attached hydrogen (secondary N) is 2. The number of halogens is 1. The van der Waals surface area contributed by atoms with Crippen molar-refractivity contribution in [3.05, 3.63) is 102 Å². The number of thiocarbonyl (C=S) groups is 1. The standard InChI is InChI=1S/C28H25FN4O2S/c1-3-25(34)31-21-12-11-20(16-17(21)2)33-27(26(32-28(33)36)22-6-4-5-15-30-22)24-14-13-23(35-24)18-7-9-19(29)10-8-18/h4-16,26-27H,3H2,1-2H3,(H,31,34)(H,32,36)/t26-,27-/m0/s1. The molecular weight excluding hydrogens is 475 g/mol. The van der Waals surface area contributed by atoms with Gasteiger partial charge in [0.1, 0.15) is 23.4 Å². The van der Waals surface area contributed by atoms with Gasteiger partial charge in [-0.1, -0.05) is 13.0 Å². The second-order valence-electron chi connectivity index (χ2n) is 8.61. The number of benzene rings is 2. The summed E-state index contributed by atoms with van der Waals surface area (Å²) in [6.45, 7) is 3.77. The molecule has 5 rings (SSSR count). The first-order chi connectivity index (χ1) is 17.4. The maximum Gasteiger partial charge on any atom is 0.224 e. The van der Waals surface area contributed by atoms with Gasteiger partial charge in [0.05, 0.1) is 11.7 Å². The van der Waals surface area contributed by atoms with Gasteiger partial charge in [-0.05, 0) is 91.4 Å². The molecule has 6 nitrogen and oxygen atoms in total. The van der Waals surface area contributed by atoms with E-state index in [0.29, 0.717) is 23.1 Å². The highest BCUT2D eigenvalue weighted by molar-refractivity contribution is 7.80. The second kappa shape index (κ2) is 9.91. The molecule has 0 bridgehead atoms. The van der Waals surface area contributed by atoms with Crippen LogP contribution in [0.25, 0.3) is 11.3 Å². The van der Waals surface area contributed by atoms with Crippen LogP contribution < -0.4 is 15.5 Å². The molecule has 1 aliphatic heterocycles. The van der Waals surface area contributed by atoms with Crippen molar-refractivity contribution in [2.24, 2.45) is 0 Å². The van der Waals surface area contributed by atoms with E-state index in [9.17, 15) is 9.18 Å². The Balaban J connectivity index is 1.55. The molecule has 0 unspecified atom stereocenters. The van der Waals surface area contributed by atoms with E-state index in [1.807, 2.05) is 67.3 Å². The van der Waals surface area contributed by atoms with Crippen molar-refractivity contribution in [2.75, 3.05) is 10.2 Å². The summed E-state index contributed by atoms with van der Waals surface area (Å²) in [4.78, 5) is 18.5. The Morgan fingerprint density at radius 1 is 1.14 bits per heavy atom. The predicted molar refractivity (Wildman–Crippen MR) is 142 cm³/mol. The first kappa shape index (κ1) is 23.7. The fraction of sp³-hybridized carbons (Fsp3) is 0.179. The van der Waals surface area contributed by atoms with E-state index < -0.39 is 0 Å². The lowest BCUT2D eigenvalue weighted by Crippen LogP contribution is -2.29. The number of aromatic nitrogens is 1. The Labute approximate surface area is 214 Å². The maximum absolute atomic E-state index is 13.4. The van der Waals surface area contributed by atoms with Crippen LogP contribution in [0, 0.1) is 12.7 Å². The number of furan rings is 1. The van der Waals surface area contributed by atoms with Gasteiger partial charge in [-0.3, -0.25) is 9.78 Å². The van der Waals surface area contributed by atoms with Gasteiger partial charge in [-0.25, -0.2) is 4.39 Å². The number of hydrogen-bond donors (Lipinski definition) is 2. The van der Waals surface area contributed by atoms with E-state index in [4.69, 9.17) is 16.6 Å². The van der Waals surface area contributed by atoms with E-state index in [0.717, 1.165) is 28.2 Å². The molecule has 0 spiro atoms. The van der Waals surface area contributed by atoms with Crippen molar-refractivity contribution in [2.45, 2.75) is 32.4 Å². The Morgan fingerprint density at radius 3 is 2.64 bits per heavy atom. The van der Waals surface area contributed by atoms with Crippen LogP contribution in [-0.4, -0.2) is 16.0 Å². The van der Waals surface area contributed by atoms with Gasteiger partial charge in [0.15, 0.2) is 5.11 Å². The lowest BCUT2D eigenvalue weighted by Gasteiger charge is -2.26. The molecule has 0 radical (unpaired) electrons. The zero-order valence-electron chi connectivity index (χ0n) is 19.9. The number of nitrogens with zero attached hydrogens (tertiary/aromatic N) is 2. The third kappa shape index (κ3) is 4.59. The molecule has 2 N–H and O–H groups in total. The summed E-state index contributed by atoms with van der Waals surface area (Å²) >= 11 is 5.79. The smallest absolute Gasteiger partial charge is 0.224 e. The number of aryl methyl sites for hydroxylation is 1. The number of rotatable bonds is 6. The number of carbonyl (C=O) groups excluding carboxylic acids is 1. The summed E-state index contributed by atoms with van der Waals surface area (Å²) in [5, 5.41) is 6.89. The molecule has 0 saturated carbocycles. The number of hydrogen-bond acceptors (Lipinski definition) is 4. The van der Waals surface area contributed by atoms with E-state index in [-0.39, 0.29) is 23.8 Å². The third-order valence-corrected chi connectivity index (χ3v) is 6.54. The molecule has 1 aliphatic rings. The first-order valence-corrected chi connectivity index (χ1v) is 12.1. The van der Waals surface area contributed by atoms with E-state index in [2.05, 4.69) is 15.6 Å². The summed E-state index contributed by atoms with van der Waals surface area (Å²) < 4.78 is 19.8. The molecule has 182 valence electrons. The van der Waals surface area contributed by atoms with E-state index in [1.165, 1.54) is 12.1 Å². The molecule has 2 aromatic heterocycles. The second-order valence-corrected chi connectivity index (χ2v) is 8.99. The number of amides is 1. The molecule has 3 heterocycles. The molecule has 1 amide bonds. The number of carbonyl (C=O) groups is 1. The topological polar surface area (TPSA) is 70.4 Å². The van der Waals surface area contributed by atoms with Gasteiger partial charge < -0.3 is 20.0 Å². The van der Waals surface area contributed by atoms with E-state index in [1.54, 1.807) is 18.3 Å². The molecule has 2 atom stereocenters. The van der Waals surface area contributed by atoms with Crippen LogP contribution in [0.5, 0.6) is 0 Å². The van der Waals surface area contributed by atoms with Crippen molar-refractivity contribution in [3.8, 4) is 11.3 Å².